The second-order valence-corrected chi connectivity index (χ2v) is 7.63. The van der Waals surface area contributed by atoms with Crippen molar-refractivity contribution < 1.29 is 65.7 Å². The van der Waals surface area contributed by atoms with Gasteiger partial charge in [0.15, 0.2) is 0 Å². The molecule has 0 aliphatic heterocycles. The molecule has 1 amide bonds. The van der Waals surface area contributed by atoms with Crippen molar-refractivity contribution in [3.63, 3.8) is 0 Å². The third-order valence-corrected chi connectivity index (χ3v) is 5.16. The Bertz CT molecular complexity index is 820. The number of hydrogen-bond donors (Lipinski definition) is 1. The molecule has 1 aliphatic rings. The van der Waals surface area contributed by atoms with E-state index in [0.717, 1.165) is 47.2 Å². The van der Waals surface area contributed by atoms with Crippen LogP contribution in [0.25, 0.3) is 0 Å². The number of amides is 1. The van der Waals surface area contributed by atoms with Gasteiger partial charge >= 0.3 is 51.4 Å². The van der Waals surface area contributed by atoms with Gasteiger partial charge in [-0.1, -0.05) is 39.3 Å². The van der Waals surface area contributed by atoms with Crippen molar-refractivity contribution in [3.05, 3.63) is 70.9 Å². The summed E-state index contributed by atoms with van der Waals surface area (Å²) in [6.45, 7) is 5.65. The number of hydrogen-bond acceptors (Lipinski definition) is 3. The van der Waals surface area contributed by atoms with Crippen LogP contribution < -0.4 is 61.4 Å². The number of ether oxygens (including phenoxy) is 1. The number of aryl methyl sites for hydroxylation is 1. The van der Waals surface area contributed by atoms with E-state index in [2.05, 4.69) is 34.6 Å². The molecule has 2 aromatic rings. The Labute approximate surface area is 224 Å². The molecule has 0 spiro atoms. The summed E-state index contributed by atoms with van der Waals surface area (Å²) in [4.78, 5) is 22.2. The molecule has 2 aromatic carbocycles. The van der Waals surface area contributed by atoms with Crippen LogP contribution in [-0.4, -0.2) is 19.3 Å². The topological polar surface area (TPSA) is 55.4 Å². The van der Waals surface area contributed by atoms with Crippen LogP contribution in [-0.2, 0) is 9.59 Å². The summed E-state index contributed by atoms with van der Waals surface area (Å²) in [5, 5.41) is 2.98. The Balaban J connectivity index is 0.000000327. The second kappa shape index (κ2) is 13.6. The quantitative estimate of drug-likeness (QED) is 0.538. The predicted molar refractivity (Wildman–Crippen MR) is 116 cm³/mol. The van der Waals surface area contributed by atoms with Gasteiger partial charge in [-0.3, -0.25) is 22.8 Å². The van der Waals surface area contributed by atoms with E-state index in [-0.39, 0.29) is 63.2 Å². The minimum absolute atomic E-state index is 0. The molecule has 1 fully saturated rings. The SMILES string of the molecule is COc1cc(NC(=O)C2CC[CH-]CC2)ccc1C.[CH2-]c1cc(Br)ccc1[C-]=O.[K+]. The third kappa shape index (κ3) is 8.56. The normalized spacial score (nSPS) is 13.3. The fraction of sp³-hybridized carbons (Fsp3) is 0.304. The van der Waals surface area contributed by atoms with Crippen LogP contribution in [0.2, 0.25) is 0 Å². The minimum atomic E-state index is 0. The average Bonchev–Trinajstić information content (AvgIpc) is 2.70. The number of methoxy groups -OCH3 is 1. The van der Waals surface area contributed by atoms with Gasteiger partial charge in [0.25, 0.3) is 0 Å². The first-order chi connectivity index (χ1) is 13.4. The molecule has 0 aromatic heterocycles. The molecule has 6 heteroatoms. The van der Waals surface area contributed by atoms with E-state index in [9.17, 15) is 9.59 Å². The Hall–Kier alpha value is -0.634. The van der Waals surface area contributed by atoms with Crippen molar-refractivity contribution in [1.82, 2.24) is 0 Å². The fourth-order valence-electron chi connectivity index (χ4n) is 2.99. The van der Waals surface area contributed by atoms with Gasteiger partial charge in [0.1, 0.15) is 5.75 Å². The maximum absolute atomic E-state index is 12.1. The van der Waals surface area contributed by atoms with E-state index in [0.29, 0.717) is 11.1 Å². The fourth-order valence-corrected chi connectivity index (χ4v) is 3.40. The minimum Gasteiger partial charge on any atom is -0.496 e. The Morgan fingerprint density at radius 2 is 1.93 bits per heavy atom. The second-order valence-electron chi connectivity index (χ2n) is 6.72. The molecule has 4 nitrogen and oxygen atoms in total. The summed E-state index contributed by atoms with van der Waals surface area (Å²) in [5.74, 6) is 1.10. The summed E-state index contributed by atoms with van der Waals surface area (Å²) in [7, 11) is 1.64. The van der Waals surface area contributed by atoms with Crippen molar-refractivity contribution in [1.29, 1.82) is 0 Å². The molecule has 0 radical (unpaired) electrons. The number of nitrogens with one attached hydrogen (secondary N) is 1. The van der Waals surface area contributed by atoms with Gasteiger partial charge in [-0.15, -0.1) is 6.07 Å². The maximum atomic E-state index is 12.1. The molecule has 0 unspecified atom stereocenters. The zero-order valence-electron chi connectivity index (χ0n) is 17.3. The van der Waals surface area contributed by atoms with Crippen LogP contribution >= 0.6 is 15.9 Å². The summed E-state index contributed by atoms with van der Waals surface area (Å²) in [5.41, 5.74) is 3.10. The van der Waals surface area contributed by atoms with Crippen molar-refractivity contribution in [2.45, 2.75) is 32.6 Å². The molecular formula is C23H25BrKNO3-2. The van der Waals surface area contributed by atoms with E-state index in [4.69, 9.17) is 4.74 Å². The summed E-state index contributed by atoms with van der Waals surface area (Å²) in [6.07, 6.45) is 8.09. The van der Waals surface area contributed by atoms with Crippen LogP contribution in [0, 0.1) is 26.2 Å². The molecular weight excluding hydrogens is 457 g/mol. The van der Waals surface area contributed by atoms with Gasteiger partial charge in [0.05, 0.1) is 7.11 Å². The number of rotatable bonds is 4. The molecule has 0 atom stereocenters. The van der Waals surface area contributed by atoms with Gasteiger partial charge in [0, 0.05) is 17.7 Å². The van der Waals surface area contributed by atoms with E-state index >= 15 is 0 Å². The van der Waals surface area contributed by atoms with E-state index in [1.807, 2.05) is 25.1 Å². The molecule has 0 saturated heterocycles. The summed E-state index contributed by atoms with van der Waals surface area (Å²) < 4.78 is 6.18. The zero-order chi connectivity index (χ0) is 20.5. The molecule has 3 rings (SSSR count). The number of benzene rings is 2. The monoisotopic (exact) mass is 481 g/mol. The molecule has 29 heavy (non-hydrogen) atoms. The first-order valence-electron chi connectivity index (χ1n) is 9.21. The largest absolute Gasteiger partial charge is 1.00 e. The van der Waals surface area contributed by atoms with Gasteiger partial charge in [0.2, 0.25) is 5.91 Å². The molecule has 0 heterocycles. The number of anilines is 1. The Morgan fingerprint density at radius 3 is 2.52 bits per heavy atom. The Morgan fingerprint density at radius 1 is 1.24 bits per heavy atom. The zero-order valence-corrected chi connectivity index (χ0v) is 22.0. The third-order valence-electron chi connectivity index (χ3n) is 4.66. The van der Waals surface area contributed by atoms with Crippen LogP contribution in [0.3, 0.4) is 0 Å². The van der Waals surface area contributed by atoms with E-state index < -0.39 is 0 Å². The molecule has 1 saturated carbocycles. The smallest absolute Gasteiger partial charge is 0.496 e. The van der Waals surface area contributed by atoms with Crippen LogP contribution in [0.4, 0.5) is 5.69 Å². The summed E-state index contributed by atoms with van der Waals surface area (Å²) in [6, 6.07) is 11.0. The Kier molecular flexibility index (Phi) is 12.4. The maximum Gasteiger partial charge on any atom is 1.00 e. The van der Waals surface area contributed by atoms with Gasteiger partial charge in [-0.05, 0) is 24.8 Å². The summed E-state index contributed by atoms with van der Waals surface area (Å²) >= 11 is 3.26. The van der Waals surface area contributed by atoms with Crippen LogP contribution in [0.1, 0.15) is 42.4 Å². The number of carbonyl (C=O) groups excluding carboxylic acids is 2. The van der Waals surface area contributed by atoms with Crippen molar-refractivity contribution in [2.75, 3.05) is 12.4 Å². The van der Waals surface area contributed by atoms with Gasteiger partial charge in [-0.25, -0.2) is 12.1 Å². The van der Waals surface area contributed by atoms with Crippen molar-refractivity contribution >= 4 is 33.8 Å². The average molecular weight is 482 g/mol. The van der Waals surface area contributed by atoms with E-state index in [1.165, 1.54) is 0 Å². The van der Waals surface area contributed by atoms with E-state index in [1.54, 1.807) is 31.6 Å². The first kappa shape index (κ1) is 26.4. The standard InChI is InChI=1S/C15H20NO2.C8H5BrO.K/c1-11-8-9-13(10-14(11)18-2)16-15(17)12-6-4-3-5-7-12;1-6-4-8(9)3-2-7(6)5-10;/h3,8-10,12H,4-7H2,1-2H3,(H,16,17);2-4H,1H2;/q-1;-2;+1. The predicted octanol–water partition coefficient (Wildman–Crippen LogP) is 2.43. The number of carbonyl (C=O) groups is 1. The van der Waals surface area contributed by atoms with Crippen molar-refractivity contribution in [2.24, 2.45) is 5.92 Å². The molecule has 150 valence electrons. The van der Waals surface area contributed by atoms with Gasteiger partial charge < -0.3 is 21.3 Å². The van der Waals surface area contributed by atoms with Crippen LogP contribution in [0.5, 0.6) is 5.75 Å². The molecule has 1 N–H and O–H groups in total. The van der Waals surface area contributed by atoms with Crippen molar-refractivity contribution in [3.8, 4) is 5.75 Å². The van der Waals surface area contributed by atoms with Gasteiger partial charge in [-0.2, -0.15) is 12.8 Å². The van der Waals surface area contributed by atoms with Crippen LogP contribution in [0.15, 0.2) is 40.9 Å². The number of halogens is 1. The first-order valence-corrected chi connectivity index (χ1v) is 10.0. The molecule has 0 bridgehead atoms. The molecule has 1 aliphatic carbocycles.